The highest BCUT2D eigenvalue weighted by Gasteiger charge is 2.14. The molecule has 1 N–H and O–H groups in total. The molecule has 2 heterocycles. The summed E-state index contributed by atoms with van der Waals surface area (Å²) in [7, 11) is 3.09. The Kier molecular flexibility index (Phi) is 6.02. The highest BCUT2D eigenvalue weighted by Crippen LogP contribution is 2.29. The van der Waals surface area contributed by atoms with Gasteiger partial charge in [0.2, 0.25) is 5.91 Å². The van der Waals surface area contributed by atoms with Gasteiger partial charge in [0.05, 0.1) is 31.2 Å². The fraction of sp³-hybridized carbons (Fsp3) is 0.278. The van der Waals surface area contributed by atoms with Crippen LogP contribution in [0.5, 0.6) is 11.5 Å². The smallest absolute Gasteiger partial charge is 0.272 e. The van der Waals surface area contributed by atoms with Gasteiger partial charge in [-0.25, -0.2) is 4.98 Å². The van der Waals surface area contributed by atoms with Crippen molar-refractivity contribution in [1.29, 1.82) is 0 Å². The van der Waals surface area contributed by atoms with E-state index in [0.717, 1.165) is 0 Å². The molecule has 0 unspecified atom stereocenters. The third kappa shape index (κ3) is 4.09. The predicted octanol–water partition coefficient (Wildman–Crippen LogP) is 3.23. The maximum Gasteiger partial charge on any atom is 0.272 e. The molecule has 2 aromatic heterocycles. The van der Waals surface area contributed by atoms with Gasteiger partial charge in [-0.3, -0.25) is 14.2 Å². The maximum absolute atomic E-state index is 12.5. The van der Waals surface area contributed by atoms with Crippen molar-refractivity contribution in [3.05, 3.63) is 40.0 Å². The maximum atomic E-state index is 12.5. The molecule has 0 atom stereocenters. The molecule has 7 nitrogen and oxygen atoms in total. The van der Waals surface area contributed by atoms with Gasteiger partial charge in [0.15, 0.2) is 5.16 Å². The number of benzene rings is 1. The van der Waals surface area contributed by atoms with Gasteiger partial charge in [0.25, 0.3) is 5.56 Å². The van der Waals surface area contributed by atoms with E-state index in [0.29, 0.717) is 39.1 Å². The molecule has 0 aliphatic rings. The second-order valence-electron chi connectivity index (χ2n) is 5.48. The van der Waals surface area contributed by atoms with Crippen LogP contribution in [0.4, 0.5) is 5.69 Å². The number of thioether (sulfide) groups is 1. The summed E-state index contributed by atoms with van der Waals surface area (Å²) in [4.78, 5) is 29.4. The Hall–Kier alpha value is -2.52. The number of carbonyl (C=O) groups is 1. The zero-order valence-electron chi connectivity index (χ0n) is 15.1. The lowest BCUT2D eigenvalue weighted by Gasteiger charge is -2.12. The average Bonchev–Trinajstić information content (AvgIpc) is 3.15. The van der Waals surface area contributed by atoms with Crippen LogP contribution in [0.2, 0.25) is 0 Å². The fourth-order valence-corrected chi connectivity index (χ4v) is 4.17. The van der Waals surface area contributed by atoms with Crippen molar-refractivity contribution in [3.8, 4) is 11.5 Å². The van der Waals surface area contributed by atoms with Gasteiger partial charge in [-0.05, 0) is 30.5 Å². The molecule has 0 fully saturated rings. The van der Waals surface area contributed by atoms with Crippen LogP contribution >= 0.6 is 23.1 Å². The van der Waals surface area contributed by atoms with Crippen LogP contribution in [0, 0.1) is 0 Å². The summed E-state index contributed by atoms with van der Waals surface area (Å²) in [5.74, 6) is 1.05. The van der Waals surface area contributed by atoms with Crippen molar-refractivity contribution in [1.82, 2.24) is 9.55 Å². The number of ether oxygens (including phenoxy) is 2. The van der Waals surface area contributed by atoms with Gasteiger partial charge in [-0.1, -0.05) is 11.8 Å². The second kappa shape index (κ2) is 8.45. The van der Waals surface area contributed by atoms with Crippen LogP contribution < -0.4 is 20.3 Å². The summed E-state index contributed by atoms with van der Waals surface area (Å²) in [5.41, 5.74) is 1.14. The van der Waals surface area contributed by atoms with Gasteiger partial charge < -0.3 is 14.8 Å². The largest absolute Gasteiger partial charge is 0.497 e. The lowest BCUT2D eigenvalue weighted by atomic mass is 10.2. The van der Waals surface area contributed by atoms with E-state index in [1.54, 1.807) is 29.9 Å². The lowest BCUT2D eigenvalue weighted by molar-refractivity contribution is -0.113. The summed E-state index contributed by atoms with van der Waals surface area (Å²) in [6.07, 6.45) is 0. The molecule has 0 bridgehead atoms. The van der Waals surface area contributed by atoms with Crippen molar-refractivity contribution >= 4 is 44.9 Å². The average molecular weight is 406 g/mol. The normalized spacial score (nSPS) is 10.8. The zero-order valence-corrected chi connectivity index (χ0v) is 16.8. The summed E-state index contributed by atoms with van der Waals surface area (Å²) in [6.45, 7) is 2.38. The lowest BCUT2D eigenvalue weighted by Crippen LogP contribution is -2.22. The first-order chi connectivity index (χ1) is 13.1. The Morgan fingerprint density at radius 2 is 2.11 bits per heavy atom. The highest BCUT2D eigenvalue weighted by molar-refractivity contribution is 7.99. The quantitative estimate of drug-likeness (QED) is 0.480. The minimum Gasteiger partial charge on any atom is -0.497 e. The third-order valence-electron chi connectivity index (χ3n) is 3.86. The predicted molar refractivity (Wildman–Crippen MR) is 108 cm³/mol. The summed E-state index contributed by atoms with van der Waals surface area (Å²) < 4.78 is 12.7. The molecule has 1 amide bonds. The Bertz CT molecular complexity index is 1030. The number of hydrogen-bond acceptors (Lipinski definition) is 7. The molecule has 142 valence electrons. The SMILES string of the molecule is CCn1c(SCC(=O)Nc2ccc(OC)cc2OC)nc2ccsc2c1=O. The highest BCUT2D eigenvalue weighted by atomic mass is 32.2. The van der Waals surface area contributed by atoms with Crippen LogP contribution in [-0.4, -0.2) is 35.4 Å². The fourth-order valence-electron chi connectivity index (χ4n) is 2.53. The number of aromatic nitrogens is 2. The molecule has 0 radical (unpaired) electrons. The van der Waals surface area contributed by atoms with Crippen LogP contribution in [0.25, 0.3) is 10.2 Å². The number of amides is 1. The molecule has 0 saturated heterocycles. The minimum absolute atomic E-state index is 0.0720. The number of fused-ring (bicyclic) bond motifs is 1. The molecule has 3 aromatic rings. The molecular weight excluding hydrogens is 386 g/mol. The number of carbonyl (C=O) groups excluding carboxylic acids is 1. The van der Waals surface area contributed by atoms with Crippen LogP contribution in [0.3, 0.4) is 0 Å². The monoisotopic (exact) mass is 405 g/mol. The summed E-state index contributed by atoms with van der Waals surface area (Å²) >= 11 is 2.61. The Balaban J connectivity index is 1.75. The van der Waals surface area contributed by atoms with Crippen LogP contribution in [-0.2, 0) is 11.3 Å². The first-order valence-electron chi connectivity index (χ1n) is 8.20. The van der Waals surface area contributed by atoms with Crippen molar-refractivity contribution in [3.63, 3.8) is 0 Å². The van der Waals surface area contributed by atoms with Crippen molar-refractivity contribution in [2.75, 3.05) is 25.3 Å². The molecular formula is C18H19N3O4S2. The van der Waals surface area contributed by atoms with E-state index in [9.17, 15) is 9.59 Å². The molecule has 0 aliphatic heterocycles. The van der Waals surface area contributed by atoms with E-state index in [1.165, 1.54) is 30.2 Å². The van der Waals surface area contributed by atoms with Gasteiger partial charge in [0, 0.05) is 12.6 Å². The van der Waals surface area contributed by atoms with E-state index in [-0.39, 0.29) is 17.2 Å². The number of hydrogen-bond donors (Lipinski definition) is 1. The van der Waals surface area contributed by atoms with Gasteiger partial charge >= 0.3 is 0 Å². The molecule has 1 aromatic carbocycles. The van der Waals surface area contributed by atoms with E-state index in [4.69, 9.17) is 9.47 Å². The first-order valence-corrected chi connectivity index (χ1v) is 10.1. The number of anilines is 1. The van der Waals surface area contributed by atoms with E-state index in [1.807, 2.05) is 18.4 Å². The van der Waals surface area contributed by atoms with Crippen molar-refractivity contribution in [2.24, 2.45) is 0 Å². The summed E-state index contributed by atoms with van der Waals surface area (Å²) in [6, 6.07) is 6.97. The van der Waals surface area contributed by atoms with Gasteiger partial charge in [-0.2, -0.15) is 0 Å². The van der Waals surface area contributed by atoms with E-state index >= 15 is 0 Å². The van der Waals surface area contributed by atoms with Crippen molar-refractivity contribution in [2.45, 2.75) is 18.6 Å². The van der Waals surface area contributed by atoms with Crippen molar-refractivity contribution < 1.29 is 14.3 Å². The molecule has 27 heavy (non-hydrogen) atoms. The molecule has 0 spiro atoms. The van der Waals surface area contributed by atoms with Crippen LogP contribution in [0.1, 0.15) is 6.92 Å². The standard InChI is InChI=1S/C18H19N3O4S2/c1-4-21-17(23)16-13(7-8-26-16)20-18(21)27-10-15(22)19-12-6-5-11(24-2)9-14(12)25-3/h5-9H,4,10H2,1-3H3,(H,19,22). The Morgan fingerprint density at radius 3 is 2.81 bits per heavy atom. The number of thiophene rings is 1. The molecule has 9 heteroatoms. The first kappa shape index (κ1) is 19.2. The van der Waals surface area contributed by atoms with E-state index in [2.05, 4.69) is 10.3 Å². The minimum atomic E-state index is -0.217. The zero-order chi connectivity index (χ0) is 19.4. The number of rotatable bonds is 7. The third-order valence-corrected chi connectivity index (χ3v) is 5.73. The second-order valence-corrected chi connectivity index (χ2v) is 7.34. The van der Waals surface area contributed by atoms with Gasteiger partial charge in [0.1, 0.15) is 16.2 Å². The van der Waals surface area contributed by atoms with Gasteiger partial charge in [-0.15, -0.1) is 11.3 Å². The molecule has 0 saturated carbocycles. The van der Waals surface area contributed by atoms with Crippen LogP contribution in [0.15, 0.2) is 39.6 Å². The Morgan fingerprint density at radius 1 is 1.30 bits per heavy atom. The Labute approximate surface area is 164 Å². The number of methoxy groups -OCH3 is 2. The molecule has 3 rings (SSSR count). The number of nitrogens with one attached hydrogen (secondary N) is 1. The topological polar surface area (TPSA) is 82.5 Å². The number of nitrogens with zero attached hydrogens (tertiary/aromatic N) is 2. The molecule has 0 aliphatic carbocycles. The summed E-state index contributed by atoms with van der Waals surface area (Å²) in [5, 5.41) is 5.19. The van der Waals surface area contributed by atoms with E-state index < -0.39 is 0 Å².